The van der Waals surface area contributed by atoms with Gasteiger partial charge in [0.05, 0.1) is 11.9 Å². The number of hydrogen-bond donors (Lipinski definition) is 1. The Kier molecular flexibility index (Phi) is 2.79. The van der Waals surface area contributed by atoms with Gasteiger partial charge in [-0.1, -0.05) is 0 Å². The van der Waals surface area contributed by atoms with Gasteiger partial charge in [-0.3, -0.25) is 14.7 Å². The Hall–Kier alpha value is -1.88. The van der Waals surface area contributed by atoms with Crippen LogP contribution in [0.3, 0.4) is 0 Å². The van der Waals surface area contributed by atoms with Gasteiger partial charge >= 0.3 is 0 Å². The highest BCUT2D eigenvalue weighted by Crippen LogP contribution is 2.37. The summed E-state index contributed by atoms with van der Waals surface area (Å²) in [6, 6.07) is 3.56. The number of carbonyl (C=O) groups is 1. The van der Waals surface area contributed by atoms with E-state index in [9.17, 15) is 4.79 Å². The molecule has 21 heavy (non-hydrogen) atoms. The topological polar surface area (TPSA) is 58.4 Å². The highest BCUT2D eigenvalue weighted by atomic mass is 16.3. The van der Waals surface area contributed by atoms with E-state index in [1.54, 1.807) is 18.5 Å². The Bertz CT molecular complexity index is 688. The Labute approximate surface area is 123 Å². The molecule has 3 aliphatic rings. The van der Waals surface area contributed by atoms with Crippen molar-refractivity contribution in [2.24, 2.45) is 5.92 Å². The second-order valence-electron chi connectivity index (χ2n) is 6.39. The van der Waals surface area contributed by atoms with Crippen LogP contribution in [0.5, 0.6) is 0 Å². The molecule has 0 spiro atoms. The zero-order valence-corrected chi connectivity index (χ0v) is 12.1. The number of pyridine rings is 1. The lowest BCUT2D eigenvalue weighted by Crippen LogP contribution is -2.65. The number of aromatic nitrogens is 1. The van der Waals surface area contributed by atoms with E-state index in [-0.39, 0.29) is 11.6 Å². The molecule has 0 unspecified atom stereocenters. The Morgan fingerprint density at radius 1 is 1.48 bits per heavy atom. The van der Waals surface area contributed by atoms with Crippen LogP contribution < -0.4 is 5.32 Å². The molecule has 3 aliphatic heterocycles. The normalized spacial score (nSPS) is 31.5. The summed E-state index contributed by atoms with van der Waals surface area (Å²) in [5.74, 6) is 0.615. The maximum Gasteiger partial charge on any atom is 0.271 e. The molecule has 3 fully saturated rings. The quantitative estimate of drug-likeness (QED) is 0.920. The minimum atomic E-state index is -0.238. The molecule has 5 nitrogen and oxygen atoms in total. The number of rotatable bonds is 2. The van der Waals surface area contributed by atoms with Crippen LogP contribution in [0, 0.1) is 5.92 Å². The number of piperidine rings is 3. The van der Waals surface area contributed by atoms with Crippen LogP contribution in [0.2, 0.25) is 0 Å². The molecule has 2 aromatic heterocycles. The lowest BCUT2D eigenvalue weighted by molar-refractivity contribution is -0.0347. The molecule has 1 N–H and O–H groups in total. The summed E-state index contributed by atoms with van der Waals surface area (Å²) >= 11 is 0. The van der Waals surface area contributed by atoms with Crippen molar-refractivity contribution in [2.75, 3.05) is 13.1 Å². The largest absolute Gasteiger partial charge is 0.464 e. The SMILES string of the molecule is C[C@@]1(NC(=O)c2cc3occc3cn2)CC2CCN1CC2. The van der Waals surface area contributed by atoms with Gasteiger partial charge < -0.3 is 9.73 Å². The molecule has 2 bridgehead atoms. The van der Waals surface area contributed by atoms with E-state index in [2.05, 4.69) is 22.1 Å². The molecule has 5 heterocycles. The molecule has 1 amide bonds. The molecule has 0 saturated carbocycles. The van der Waals surface area contributed by atoms with E-state index in [0.717, 1.165) is 30.8 Å². The van der Waals surface area contributed by atoms with E-state index in [1.807, 2.05) is 6.07 Å². The van der Waals surface area contributed by atoms with E-state index >= 15 is 0 Å². The molecule has 0 aromatic carbocycles. The van der Waals surface area contributed by atoms with Crippen LogP contribution in [-0.4, -0.2) is 34.5 Å². The van der Waals surface area contributed by atoms with Gasteiger partial charge in [0.2, 0.25) is 0 Å². The average Bonchev–Trinajstić information content (AvgIpc) is 2.95. The van der Waals surface area contributed by atoms with Gasteiger partial charge in [0.1, 0.15) is 11.3 Å². The summed E-state index contributed by atoms with van der Waals surface area (Å²) < 4.78 is 5.34. The summed E-state index contributed by atoms with van der Waals surface area (Å²) in [5, 5.41) is 4.10. The first-order valence-corrected chi connectivity index (χ1v) is 7.55. The number of furan rings is 1. The second-order valence-corrected chi connectivity index (χ2v) is 6.39. The Morgan fingerprint density at radius 3 is 3.00 bits per heavy atom. The third-order valence-electron chi connectivity index (χ3n) is 4.95. The van der Waals surface area contributed by atoms with Crippen LogP contribution in [0.4, 0.5) is 0 Å². The highest BCUT2D eigenvalue weighted by molar-refractivity contribution is 5.95. The van der Waals surface area contributed by atoms with Gasteiger partial charge in [-0.2, -0.15) is 0 Å². The summed E-state index contributed by atoms with van der Waals surface area (Å²) in [5.41, 5.74) is 0.880. The van der Waals surface area contributed by atoms with Crippen molar-refractivity contribution in [1.82, 2.24) is 15.2 Å². The molecule has 5 heteroatoms. The zero-order chi connectivity index (χ0) is 14.4. The maximum atomic E-state index is 12.5. The minimum Gasteiger partial charge on any atom is -0.464 e. The number of fused-ring (bicyclic) bond motifs is 4. The predicted molar refractivity (Wildman–Crippen MR) is 78.8 cm³/mol. The first kappa shape index (κ1) is 12.8. The molecule has 0 radical (unpaired) electrons. The van der Waals surface area contributed by atoms with Gasteiger partial charge in [0.25, 0.3) is 5.91 Å². The molecule has 0 aliphatic carbocycles. The van der Waals surface area contributed by atoms with Gasteiger partial charge in [-0.15, -0.1) is 0 Å². The van der Waals surface area contributed by atoms with Crippen LogP contribution in [0.15, 0.2) is 29.0 Å². The monoisotopic (exact) mass is 285 g/mol. The van der Waals surface area contributed by atoms with E-state index in [0.29, 0.717) is 11.3 Å². The maximum absolute atomic E-state index is 12.5. The smallest absolute Gasteiger partial charge is 0.271 e. The predicted octanol–water partition coefficient (Wildman–Crippen LogP) is 2.39. The molecule has 5 rings (SSSR count). The van der Waals surface area contributed by atoms with Crippen molar-refractivity contribution in [3.05, 3.63) is 30.3 Å². The van der Waals surface area contributed by atoms with E-state index < -0.39 is 0 Å². The van der Waals surface area contributed by atoms with Crippen LogP contribution >= 0.6 is 0 Å². The van der Waals surface area contributed by atoms with Crippen LogP contribution in [0.25, 0.3) is 11.0 Å². The first-order valence-electron chi connectivity index (χ1n) is 7.55. The molecule has 3 saturated heterocycles. The van der Waals surface area contributed by atoms with Gasteiger partial charge in [0.15, 0.2) is 0 Å². The third kappa shape index (κ3) is 2.12. The minimum absolute atomic E-state index is 0.122. The van der Waals surface area contributed by atoms with Gasteiger partial charge in [0, 0.05) is 30.7 Å². The summed E-state index contributed by atoms with van der Waals surface area (Å²) in [6.07, 6.45) is 6.83. The fourth-order valence-electron chi connectivity index (χ4n) is 3.74. The summed E-state index contributed by atoms with van der Waals surface area (Å²) in [7, 11) is 0. The van der Waals surface area contributed by atoms with E-state index in [1.165, 1.54) is 12.8 Å². The lowest BCUT2D eigenvalue weighted by atomic mass is 9.80. The lowest BCUT2D eigenvalue weighted by Gasteiger charge is -2.52. The molecular formula is C16H19N3O2. The number of amides is 1. The van der Waals surface area contributed by atoms with Crippen LogP contribution in [-0.2, 0) is 0 Å². The van der Waals surface area contributed by atoms with Crippen molar-refractivity contribution in [2.45, 2.75) is 31.8 Å². The van der Waals surface area contributed by atoms with Crippen molar-refractivity contribution < 1.29 is 9.21 Å². The van der Waals surface area contributed by atoms with Crippen molar-refractivity contribution in [1.29, 1.82) is 0 Å². The zero-order valence-electron chi connectivity index (χ0n) is 12.1. The molecule has 110 valence electrons. The highest BCUT2D eigenvalue weighted by Gasteiger charge is 2.43. The average molecular weight is 285 g/mol. The van der Waals surface area contributed by atoms with Crippen molar-refractivity contribution in [3.63, 3.8) is 0 Å². The standard InChI is InChI=1S/C16H19N3O2/c1-16(9-11-2-5-19(16)6-3-11)18-15(20)13-8-14-12(10-17-13)4-7-21-14/h4,7-8,10-11H,2-3,5-6,9H2,1H3,(H,18,20)/t16-/m0/s1. The number of carbonyl (C=O) groups excluding carboxylic acids is 1. The number of nitrogens with one attached hydrogen (secondary N) is 1. The van der Waals surface area contributed by atoms with Crippen LogP contribution in [0.1, 0.15) is 36.7 Å². The Morgan fingerprint density at radius 2 is 2.29 bits per heavy atom. The van der Waals surface area contributed by atoms with E-state index in [4.69, 9.17) is 4.42 Å². The fraction of sp³-hybridized carbons (Fsp3) is 0.500. The third-order valence-corrected chi connectivity index (χ3v) is 4.95. The molecule has 2 aromatic rings. The van der Waals surface area contributed by atoms with Crippen molar-refractivity contribution in [3.8, 4) is 0 Å². The second kappa shape index (κ2) is 4.56. The fourth-order valence-corrected chi connectivity index (χ4v) is 3.74. The Balaban J connectivity index is 1.57. The molecular weight excluding hydrogens is 266 g/mol. The number of hydrogen-bond acceptors (Lipinski definition) is 4. The van der Waals surface area contributed by atoms with Gasteiger partial charge in [-0.25, -0.2) is 0 Å². The first-order chi connectivity index (χ1) is 10.1. The summed E-state index contributed by atoms with van der Waals surface area (Å²) in [4.78, 5) is 19.2. The van der Waals surface area contributed by atoms with Crippen molar-refractivity contribution >= 4 is 16.9 Å². The number of nitrogens with zero attached hydrogens (tertiary/aromatic N) is 2. The summed E-state index contributed by atoms with van der Waals surface area (Å²) in [6.45, 7) is 4.28. The molecule has 1 atom stereocenters. The van der Waals surface area contributed by atoms with Gasteiger partial charge in [-0.05, 0) is 38.2 Å².